The van der Waals surface area contributed by atoms with Gasteiger partial charge in [0.1, 0.15) is 11.4 Å². The summed E-state index contributed by atoms with van der Waals surface area (Å²) in [6, 6.07) is 8.79. The van der Waals surface area contributed by atoms with Crippen LogP contribution < -0.4 is 15.4 Å². The fraction of sp³-hybridized carbons (Fsp3) is 0.353. The lowest BCUT2D eigenvalue weighted by molar-refractivity contribution is 0.102. The summed E-state index contributed by atoms with van der Waals surface area (Å²) in [6.45, 7) is 3.39. The monoisotopic (exact) mass is 329 g/mol. The lowest BCUT2D eigenvalue weighted by atomic mass is 10.2. The van der Waals surface area contributed by atoms with E-state index in [0.717, 1.165) is 18.0 Å². The zero-order valence-electron chi connectivity index (χ0n) is 14.5. The standard InChI is InChI=1S/C17H23N5O2/c1-12-11-15(21-17(19-12)18-9-10-22(2)3)16(23)20-13-5-7-14(24-4)8-6-13/h5-8,11H,9-10H2,1-4H3,(H,20,23)(H,18,19,21). The molecule has 2 aromatic rings. The van der Waals surface area contributed by atoms with E-state index in [4.69, 9.17) is 4.74 Å². The third-order valence-corrected chi connectivity index (χ3v) is 3.28. The van der Waals surface area contributed by atoms with Crippen LogP contribution in [0.5, 0.6) is 5.75 Å². The highest BCUT2D eigenvalue weighted by Crippen LogP contribution is 2.16. The lowest BCUT2D eigenvalue weighted by Gasteiger charge is -2.11. The second-order valence-electron chi connectivity index (χ2n) is 5.63. The van der Waals surface area contributed by atoms with Crippen molar-refractivity contribution in [3.8, 4) is 5.75 Å². The molecule has 0 aliphatic carbocycles. The number of hydrogen-bond acceptors (Lipinski definition) is 6. The van der Waals surface area contributed by atoms with E-state index in [0.29, 0.717) is 23.9 Å². The van der Waals surface area contributed by atoms with Gasteiger partial charge in [-0.05, 0) is 51.4 Å². The first-order valence-electron chi connectivity index (χ1n) is 7.67. The minimum absolute atomic E-state index is 0.277. The molecule has 0 aliphatic rings. The van der Waals surface area contributed by atoms with E-state index in [1.165, 1.54) is 0 Å². The summed E-state index contributed by atoms with van der Waals surface area (Å²) in [7, 11) is 5.58. The summed E-state index contributed by atoms with van der Waals surface area (Å²) in [4.78, 5) is 23.0. The second kappa shape index (κ2) is 8.26. The van der Waals surface area contributed by atoms with Crippen LogP contribution in [0.3, 0.4) is 0 Å². The Labute approximate surface area is 142 Å². The molecule has 24 heavy (non-hydrogen) atoms. The van der Waals surface area contributed by atoms with Crippen LogP contribution in [0, 0.1) is 6.92 Å². The molecule has 7 nitrogen and oxygen atoms in total. The molecule has 0 bridgehead atoms. The van der Waals surface area contributed by atoms with Gasteiger partial charge < -0.3 is 20.3 Å². The number of amides is 1. The highest BCUT2D eigenvalue weighted by molar-refractivity contribution is 6.03. The lowest BCUT2D eigenvalue weighted by Crippen LogP contribution is -2.22. The first-order valence-corrected chi connectivity index (χ1v) is 7.67. The molecule has 0 aliphatic heterocycles. The summed E-state index contributed by atoms with van der Waals surface area (Å²) >= 11 is 0. The predicted octanol–water partition coefficient (Wildman–Crippen LogP) is 2.02. The number of benzene rings is 1. The number of anilines is 2. The summed E-state index contributed by atoms with van der Waals surface area (Å²) < 4.78 is 5.10. The third-order valence-electron chi connectivity index (χ3n) is 3.28. The van der Waals surface area contributed by atoms with Crippen LogP contribution in [-0.4, -0.2) is 55.1 Å². The van der Waals surface area contributed by atoms with E-state index in [1.807, 2.05) is 21.0 Å². The summed E-state index contributed by atoms with van der Waals surface area (Å²) in [6.07, 6.45) is 0. The number of rotatable bonds is 7. The van der Waals surface area contributed by atoms with Crippen molar-refractivity contribution in [1.29, 1.82) is 0 Å². The number of aromatic nitrogens is 2. The van der Waals surface area contributed by atoms with Gasteiger partial charge in [0, 0.05) is 24.5 Å². The summed E-state index contributed by atoms with van der Waals surface area (Å²) in [5.41, 5.74) is 1.74. The third kappa shape index (κ3) is 5.20. The number of ether oxygens (including phenoxy) is 1. The molecule has 2 N–H and O–H groups in total. The Morgan fingerprint density at radius 2 is 1.92 bits per heavy atom. The van der Waals surface area contributed by atoms with Crippen molar-refractivity contribution in [2.24, 2.45) is 0 Å². The van der Waals surface area contributed by atoms with Gasteiger partial charge in [0.15, 0.2) is 0 Å². The number of nitrogens with zero attached hydrogens (tertiary/aromatic N) is 3. The number of likely N-dealkylation sites (N-methyl/N-ethyl adjacent to an activating group) is 1. The Bertz CT molecular complexity index is 686. The van der Waals surface area contributed by atoms with Gasteiger partial charge in [-0.25, -0.2) is 9.97 Å². The molecule has 0 unspecified atom stereocenters. The van der Waals surface area contributed by atoms with Gasteiger partial charge in [-0.3, -0.25) is 4.79 Å². The van der Waals surface area contributed by atoms with Crippen molar-refractivity contribution in [3.63, 3.8) is 0 Å². The SMILES string of the molecule is COc1ccc(NC(=O)c2cc(C)nc(NCCN(C)C)n2)cc1. The van der Waals surface area contributed by atoms with Crippen LogP contribution >= 0.6 is 0 Å². The average Bonchev–Trinajstić information content (AvgIpc) is 2.54. The molecule has 1 aromatic carbocycles. The van der Waals surface area contributed by atoms with Crippen molar-refractivity contribution >= 4 is 17.5 Å². The smallest absolute Gasteiger partial charge is 0.274 e. The molecule has 0 saturated carbocycles. The van der Waals surface area contributed by atoms with Crippen LogP contribution in [-0.2, 0) is 0 Å². The van der Waals surface area contributed by atoms with Crippen molar-refractivity contribution in [3.05, 3.63) is 41.7 Å². The Morgan fingerprint density at radius 3 is 2.54 bits per heavy atom. The number of aryl methyl sites for hydroxylation is 1. The number of carbonyl (C=O) groups is 1. The molecule has 0 radical (unpaired) electrons. The van der Waals surface area contributed by atoms with E-state index in [1.54, 1.807) is 37.4 Å². The first-order chi connectivity index (χ1) is 11.5. The van der Waals surface area contributed by atoms with Gasteiger partial charge >= 0.3 is 0 Å². The highest BCUT2D eigenvalue weighted by Gasteiger charge is 2.11. The van der Waals surface area contributed by atoms with Gasteiger partial charge in [0.05, 0.1) is 7.11 Å². The van der Waals surface area contributed by atoms with Gasteiger partial charge in [-0.1, -0.05) is 0 Å². The van der Waals surface area contributed by atoms with E-state index in [2.05, 4.69) is 25.5 Å². The number of carbonyl (C=O) groups excluding carboxylic acids is 1. The molecule has 7 heteroatoms. The van der Waals surface area contributed by atoms with Gasteiger partial charge in [-0.15, -0.1) is 0 Å². The fourth-order valence-electron chi connectivity index (χ4n) is 2.02. The molecule has 1 amide bonds. The molecule has 0 saturated heterocycles. The van der Waals surface area contributed by atoms with Crippen LogP contribution in [0.15, 0.2) is 30.3 Å². The number of methoxy groups -OCH3 is 1. The van der Waals surface area contributed by atoms with E-state index < -0.39 is 0 Å². The molecule has 0 spiro atoms. The Kier molecular flexibility index (Phi) is 6.08. The zero-order chi connectivity index (χ0) is 17.5. The molecule has 1 aromatic heterocycles. The zero-order valence-corrected chi connectivity index (χ0v) is 14.5. The molecule has 2 rings (SSSR count). The second-order valence-corrected chi connectivity index (χ2v) is 5.63. The molecule has 0 atom stereocenters. The normalized spacial score (nSPS) is 10.5. The largest absolute Gasteiger partial charge is 0.497 e. The quantitative estimate of drug-likeness (QED) is 0.809. The minimum Gasteiger partial charge on any atom is -0.497 e. The molecule has 128 valence electrons. The predicted molar refractivity (Wildman–Crippen MR) is 94.8 cm³/mol. The topological polar surface area (TPSA) is 79.4 Å². The van der Waals surface area contributed by atoms with Crippen molar-refractivity contribution in [1.82, 2.24) is 14.9 Å². The Morgan fingerprint density at radius 1 is 1.21 bits per heavy atom. The van der Waals surface area contributed by atoms with Gasteiger partial charge in [0.25, 0.3) is 5.91 Å². The maximum atomic E-state index is 12.4. The van der Waals surface area contributed by atoms with Crippen molar-refractivity contribution in [2.45, 2.75) is 6.92 Å². The molecule has 1 heterocycles. The van der Waals surface area contributed by atoms with Crippen LogP contribution in [0.25, 0.3) is 0 Å². The Balaban J connectivity index is 2.06. The molecular weight excluding hydrogens is 306 g/mol. The highest BCUT2D eigenvalue weighted by atomic mass is 16.5. The van der Waals surface area contributed by atoms with Crippen molar-refractivity contribution in [2.75, 3.05) is 44.9 Å². The van der Waals surface area contributed by atoms with E-state index in [-0.39, 0.29) is 5.91 Å². The van der Waals surface area contributed by atoms with E-state index in [9.17, 15) is 4.79 Å². The number of nitrogens with one attached hydrogen (secondary N) is 2. The summed E-state index contributed by atoms with van der Waals surface area (Å²) in [5, 5.41) is 5.95. The van der Waals surface area contributed by atoms with Gasteiger partial charge in [0.2, 0.25) is 5.95 Å². The minimum atomic E-state index is -0.277. The van der Waals surface area contributed by atoms with Crippen LogP contribution in [0.4, 0.5) is 11.6 Å². The average molecular weight is 329 g/mol. The van der Waals surface area contributed by atoms with Crippen LogP contribution in [0.2, 0.25) is 0 Å². The van der Waals surface area contributed by atoms with Gasteiger partial charge in [-0.2, -0.15) is 0 Å². The number of hydrogen-bond donors (Lipinski definition) is 2. The Hall–Kier alpha value is -2.67. The first kappa shape index (κ1) is 17.7. The maximum Gasteiger partial charge on any atom is 0.274 e. The maximum absolute atomic E-state index is 12.4. The molecular formula is C17H23N5O2. The molecule has 0 fully saturated rings. The van der Waals surface area contributed by atoms with Crippen LogP contribution in [0.1, 0.15) is 16.2 Å². The fourth-order valence-corrected chi connectivity index (χ4v) is 2.02. The summed E-state index contributed by atoms with van der Waals surface area (Å²) in [5.74, 6) is 0.913. The van der Waals surface area contributed by atoms with E-state index >= 15 is 0 Å². The van der Waals surface area contributed by atoms with Crippen molar-refractivity contribution < 1.29 is 9.53 Å².